The highest BCUT2D eigenvalue weighted by atomic mass is 16.5. The van der Waals surface area contributed by atoms with Crippen molar-refractivity contribution in [1.82, 2.24) is 14.9 Å². The SMILES string of the molecule is CC(C)(C)c1cccc(OCC(=O)N2CCN(c3ncccn3)CC2)c1. The van der Waals surface area contributed by atoms with Crippen LogP contribution in [0.5, 0.6) is 5.75 Å². The number of ether oxygens (including phenoxy) is 1. The highest BCUT2D eigenvalue weighted by molar-refractivity contribution is 5.78. The normalized spacial score (nSPS) is 15.0. The van der Waals surface area contributed by atoms with Gasteiger partial charge in [-0.1, -0.05) is 32.9 Å². The fraction of sp³-hybridized carbons (Fsp3) is 0.450. The maximum absolute atomic E-state index is 12.4. The van der Waals surface area contributed by atoms with Gasteiger partial charge in [-0.2, -0.15) is 0 Å². The molecule has 0 N–H and O–H groups in total. The summed E-state index contributed by atoms with van der Waals surface area (Å²) in [5, 5.41) is 0. The number of amides is 1. The Bertz CT molecular complexity index is 735. The highest BCUT2D eigenvalue weighted by Crippen LogP contribution is 2.25. The van der Waals surface area contributed by atoms with Crippen LogP contribution < -0.4 is 9.64 Å². The van der Waals surface area contributed by atoms with Gasteiger partial charge in [-0.25, -0.2) is 9.97 Å². The van der Waals surface area contributed by atoms with Crippen LogP contribution in [0.15, 0.2) is 42.7 Å². The molecule has 0 atom stereocenters. The van der Waals surface area contributed by atoms with E-state index in [1.54, 1.807) is 18.5 Å². The monoisotopic (exact) mass is 354 g/mol. The summed E-state index contributed by atoms with van der Waals surface area (Å²) in [5.41, 5.74) is 1.25. The molecule has 1 fully saturated rings. The van der Waals surface area contributed by atoms with Gasteiger partial charge in [0, 0.05) is 38.6 Å². The Labute approximate surface area is 154 Å². The highest BCUT2D eigenvalue weighted by Gasteiger charge is 2.23. The summed E-state index contributed by atoms with van der Waals surface area (Å²) in [4.78, 5) is 24.9. The number of benzene rings is 1. The van der Waals surface area contributed by atoms with Crippen molar-refractivity contribution in [3.05, 3.63) is 48.3 Å². The average Bonchev–Trinajstić information content (AvgIpc) is 2.66. The topological polar surface area (TPSA) is 58.6 Å². The average molecular weight is 354 g/mol. The van der Waals surface area contributed by atoms with Crippen LogP contribution in [0, 0.1) is 0 Å². The van der Waals surface area contributed by atoms with E-state index in [4.69, 9.17) is 4.74 Å². The molecule has 26 heavy (non-hydrogen) atoms. The van der Waals surface area contributed by atoms with E-state index in [0.29, 0.717) is 13.1 Å². The smallest absolute Gasteiger partial charge is 0.260 e. The molecule has 0 unspecified atom stereocenters. The van der Waals surface area contributed by atoms with E-state index < -0.39 is 0 Å². The molecule has 2 heterocycles. The Balaban J connectivity index is 1.51. The standard InChI is InChI=1S/C20H26N4O2/c1-20(2,3)16-6-4-7-17(14-16)26-15-18(25)23-10-12-24(13-11-23)19-21-8-5-9-22-19/h4-9,14H,10-13,15H2,1-3H3. The first-order valence-corrected chi connectivity index (χ1v) is 8.96. The Morgan fingerprint density at radius 3 is 2.42 bits per heavy atom. The minimum Gasteiger partial charge on any atom is -0.484 e. The molecule has 1 aromatic heterocycles. The molecule has 0 saturated carbocycles. The molecule has 3 rings (SSSR count). The molecular formula is C20H26N4O2. The van der Waals surface area contributed by atoms with Crippen LogP contribution >= 0.6 is 0 Å². The van der Waals surface area contributed by atoms with Gasteiger partial charge in [0.15, 0.2) is 6.61 Å². The number of hydrogen-bond acceptors (Lipinski definition) is 5. The molecule has 0 aliphatic carbocycles. The van der Waals surface area contributed by atoms with E-state index in [0.717, 1.165) is 24.8 Å². The quantitative estimate of drug-likeness (QED) is 0.844. The fourth-order valence-electron chi connectivity index (χ4n) is 2.90. The van der Waals surface area contributed by atoms with Crippen molar-refractivity contribution in [1.29, 1.82) is 0 Å². The zero-order chi connectivity index (χ0) is 18.6. The van der Waals surface area contributed by atoms with Gasteiger partial charge in [0.05, 0.1) is 0 Å². The lowest BCUT2D eigenvalue weighted by atomic mass is 9.87. The number of carbonyl (C=O) groups excluding carboxylic acids is 1. The Kier molecular flexibility index (Phi) is 5.40. The maximum atomic E-state index is 12.4. The Morgan fingerprint density at radius 1 is 1.08 bits per heavy atom. The fourth-order valence-corrected chi connectivity index (χ4v) is 2.90. The molecule has 0 bridgehead atoms. The Hall–Kier alpha value is -2.63. The van der Waals surface area contributed by atoms with Gasteiger partial charge < -0.3 is 14.5 Å². The van der Waals surface area contributed by atoms with E-state index in [2.05, 4.69) is 41.7 Å². The van der Waals surface area contributed by atoms with Crippen LogP contribution in [-0.2, 0) is 10.2 Å². The van der Waals surface area contributed by atoms with Gasteiger partial charge >= 0.3 is 0 Å². The van der Waals surface area contributed by atoms with Gasteiger partial charge in [-0.15, -0.1) is 0 Å². The number of hydrogen-bond donors (Lipinski definition) is 0. The van der Waals surface area contributed by atoms with Gasteiger partial charge in [-0.05, 0) is 29.2 Å². The number of anilines is 1. The van der Waals surface area contributed by atoms with Crippen LogP contribution in [0.3, 0.4) is 0 Å². The second-order valence-corrected chi connectivity index (χ2v) is 7.48. The molecule has 1 aromatic carbocycles. The van der Waals surface area contributed by atoms with E-state index in [9.17, 15) is 4.79 Å². The van der Waals surface area contributed by atoms with Crippen LogP contribution in [-0.4, -0.2) is 53.6 Å². The number of aromatic nitrogens is 2. The second-order valence-electron chi connectivity index (χ2n) is 7.48. The van der Waals surface area contributed by atoms with Gasteiger partial charge in [-0.3, -0.25) is 4.79 Å². The first-order valence-electron chi connectivity index (χ1n) is 8.96. The first kappa shape index (κ1) is 18.2. The van der Waals surface area contributed by atoms with Crippen molar-refractivity contribution in [2.45, 2.75) is 26.2 Å². The van der Waals surface area contributed by atoms with Crippen molar-refractivity contribution >= 4 is 11.9 Å². The number of rotatable bonds is 4. The third kappa shape index (κ3) is 4.50. The third-order valence-electron chi connectivity index (χ3n) is 4.53. The summed E-state index contributed by atoms with van der Waals surface area (Å²) in [7, 11) is 0. The lowest BCUT2D eigenvalue weighted by Crippen LogP contribution is -2.50. The summed E-state index contributed by atoms with van der Waals surface area (Å²) >= 11 is 0. The number of carbonyl (C=O) groups is 1. The van der Waals surface area contributed by atoms with Crippen LogP contribution in [0.25, 0.3) is 0 Å². The number of piperazine rings is 1. The predicted molar refractivity (Wildman–Crippen MR) is 101 cm³/mol. The molecular weight excluding hydrogens is 328 g/mol. The first-order chi connectivity index (χ1) is 12.4. The summed E-state index contributed by atoms with van der Waals surface area (Å²) < 4.78 is 5.74. The summed E-state index contributed by atoms with van der Waals surface area (Å²) in [6, 6.07) is 9.76. The second kappa shape index (κ2) is 7.72. The van der Waals surface area contributed by atoms with Crippen molar-refractivity contribution in [3.8, 4) is 5.75 Å². The molecule has 0 spiro atoms. The van der Waals surface area contributed by atoms with Crippen molar-refractivity contribution in [3.63, 3.8) is 0 Å². The van der Waals surface area contributed by atoms with E-state index >= 15 is 0 Å². The van der Waals surface area contributed by atoms with E-state index in [1.165, 1.54) is 5.56 Å². The zero-order valence-electron chi connectivity index (χ0n) is 15.7. The van der Waals surface area contributed by atoms with E-state index in [1.807, 2.05) is 23.1 Å². The molecule has 138 valence electrons. The largest absolute Gasteiger partial charge is 0.484 e. The molecule has 1 amide bonds. The minimum atomic E-state index is 0.0137. The van der Waals surface area contributed by atoms with Crippen LogP contribution in [0.1, 0.15) is 26.3 Å². The Morgan fingerprint density at radius 2 is 1.77 bits per heavy atom. The zero-order valence-corrected chi connectivity index (χ0v) is 15.7. The summed E-state index contributed by atoms with van der Waals surface area (Å²) in [6.45, 7) is 9.32. The molecule has 6 nitrogen and oxygen atoms in total. The summed E-state index contributed by atoms with van der Waals surface area (Å²) in [6.07, 6.45) is 3.47. The maximum Gasteiger partial charge on any atom is 0.260 e. The third-order valence-corrected chi connectivity index (χ3v) is 4.53. The molecule has 1 saturated heterocycles. The molecule has 0 radical (unpaired) electrons. The van der Waals surface area contributed by atoms with Crippen LogP contribution in [0.2, 0.25) is 0 Å². The molecule has 2 aromatic rings. The van der Waals surface area contributed by atoms with Gasteiger partial charge in [0.2, 0.25) is 5.95 Å². The van der Waals surface area contributed by atoms with Crippen molar-refractivity contribution in [2.24, 2.45) is 0 Å². The molecule has 1 aliphatic heterocycles. The lowest BCUT2D eigenvalue weighted by Gasteiger charge is -2.34. The number of nitrogens with zero attached hydrogens (tertiary/aromatic N) is 4. The van der Waals surface area contributed by atoms with E-state index in [-0.39, 0.29) is 17.9 Å². The minimum absolute atomic E-state index is 0.0137. The molecule has 1 aliphatic rings. The van der Waals surface area contributed by atoms with Crippen molar-refractivity contribution in [2.75, 3.05) is 37.7 Å². The van der Waals surface area contributed by atoms with Gasteiger partial charge in [0.1, 0.15) is 5.75 Å². The van der Waals surface area contributed by atoms with Crippen molar-refractivity contribution < 1.29 is 9.53 Å². The lowest BCUT2D eigenvalue weighted by molar-refractivity contribution is -0.133. The van der Waals surface area contributed by atoms with Crippen LogP contribution in [0.4, 0.5) is 5.95 Å². The summed E-state index contributed by atoms with van der Waals surface area (Å²) in [5.74, 6) is 1.47. The van der Waals surface area contributed by atoms with Gasteiger partial charge in [0.25, 0.3) is 5.91 Å². The molecule has 6 heteroatoms. The predicted octanol–water partition coefficient (Wildman–Crippen LogP) is 2.50.